The zero-order valence-corrected chi connectivity index (χ0v) is 18.2. The Morgan fingerprint density at radius 3 is 2.30 bits per heavy atom. The molecule has 0 aliphatic carbocycles. The maximum atomic E-state index is 13.2. The third-order valence-electron chi connectivity index (χ3n) is 6.18. The van der Waals surface area contributed by atoms with Crippen LogP contribution < -0.4 is 20.9 Å². The Labute approximate surface area is 189 Å². The van der Waals surface area contributed by atoms with Crippen molar-refractivity contribution >= 4 is 34.2 Å². The van der Waals surface area contributed by atoms with Crippen LogP contribution in [0, 0.1) is 0 Å². The predicted molar refractivity (Wildman–Crippen MR) is 123 cm³/mol. The van der Waals surface area contributed by atoms with Gasteiger partial charge in [-0.3, -0.25) is 0 Å². The average molecular weight is 458 g/mol. The van der Waals surface area contributed by atoms with Gasteiger partial charge in [-0.2, -0.15) is 18.2 Å². The van der Waals surface area contributed by atoms with E-state index in [9.17, 15) is 13.2 Å². The number of pyridine rings is 1. The summed E-state index contributed by atoms with van der Waals surface area (Å²) in [5.74, 6) is 2.06. The lowest BCUT2D eigenvalue weighted by molar-refractivity contribution is -0.137. The Balaban J connectivity index is 1.50. The molecule has 2 saturated heterocycles. The zero-order chi connectivity index (χ0) is 23.0. The molecule has 2 aromatic heterocycles. The van der Waals surface area contributed by atoms with Crippen molar-refractivity contribution in [2.75, 3.05) is 47.0 Å². The second-order valence-corrected chi connectivity index (χ2v) is 8.63. The van der Waals surface area contributed by atoms with E-state index < -0.39 is 11.7 Å². The molecule has 0 amide bonds. The largest absolute Gasteiger partial charge is 0.416 e. The monoisotopic (exact) mass is 457 g/mol. The number of benzene rings is 1. The number of halogens is 3. The van der Waals surface area contributed by atoms with Crippen molar-refractivity contribution in [1.82, 2.24) is 15.0 Å². The third kappa shape index (κ3) is 4.60. The van der Waals surface area contributed by atoms with E-state index in [1.54, 1.807) is 12.3 Å². The number of fused-ring (bicyclic) bond motifs is 1. The lowest BCUT2D eigenvalue weighted by Crippen LogP contribution is -2.21. The molecule has 7 nitrogen and oxygen atoms in total. The van der Waals surface area contributed by atoms with Gasteiger partial charge in [-0.25, -0.2) is 9.97 Å². The highest BCUT2D eigenvalue weighted by molar-refractivity contribution is 5.91. The molecule has 5 rings (SSSR count). The number of aromatic nitrogens is 3. The summed E-state index contributed by atoms with van der Waals surface area (Å²) in [4.78, 5) is 18.5. The van der Waals surface area contributed by atoms with E-state index in [1.165, 1.54) is 0 Å². The first-order valence-corrected chi connectivity index (χ1v) is 11.2. The topological polar surface area (TPSA) is 83.2 Å². The number of hydrogen-bond acceptors (Lipinski definition) is 7. The first-order chi connectivity index (χ1) is 15.9. The van der Waals surface area contributed by atoms with Gasteiger partial charge in [-0.05, 0) is 55.5 Å². The van der Waals surface area contributed by atoms with Crippen LogP contribution in [0.25, 0.3) is 10.9 Å². The minimum atomic E-state index is -4.45. The highest BCUT2D eigenvalue weighted by Gasteiger charge is 2.31. The molecule has 4 heterocycles. The number of rotatable bonds is 5. The van der Waals surface area contributed by atoms with Crippen molar-refractivity contribution in [1.29, 1.82) is 0 Å². The van der Waals surface area contributed by atoms with Gasteiger partial charge in [0.2, 0.25) is 5.95 Å². The van der Waals surface area contributed by atoms with Crippen LogP contribution in [0.5, 0.6) is 0 Å². The summed E-state index contributed by atoms with van der Waals surface area (Å²) in [6.45, 7) is 3.83. The maximum Gasteiger partial charge on any atom is 0.416 e. The van der Waals surface area contributed by atoms with Crippen LogP contribution in [0.2, 0.25) is 0 Å². The van der Waals surface area contributed by atoms with Gasteiger partial charge in [0.1, 0.15) is 11.6 Å². The Bertz CT molecular complexity index is 1150. The molecule has 2 fully saturated rings. The van der Waals surface area contributed by atoms with Crippen LogP contribution in [0.1, 0.15) is 36.8 Å². The quantitative estimate of drug-likeness (QED) is 0.548. The van der Waals surface area contributed by atoms with E-state index in [0.717, 1.165) is 75.2 Å². The fraction of sp³-hybridized carbons (Fsp3) is 0.435. The number of nitrogens with one attached hydrogen (secondary N) is 1. The number of nitrogens with two attached hydrogens (primary N) is 1. The minimum Gasteiger partial charge on any atom is -0.399 e. The van der Waals surface area contributed by atoms with Crippen LogP contribution in [0.3, 0.4) is 0 Å². The zero-order valence-electron chi connectivity index (χ0n) is 18.2. The summed E-state index contributed by atoms with van der Waals surface area (Å²) >= 11 is 0. The molecule has 0 atom stereocenters. The standard InChI is InChI=1S/C23H26F3N7/c24-23(25,26)16-9-15(10-17(27)11-16)13-29-21-18-12-20(32-5-1-2-6-32)28-14-19(18)30-22(31-21)33-7-3-4-8-33/h9-12,14H,1-8,13,27H2,(H,29,30,31). The van der Waals surface area contributed by atoms with Gasteiger partial charge in [0, 0.05) is 43.8 Å². The number of alkyl halides is 3. The smallest absolute Gasteiger partial charge is 0.399 e. The minimum absolute atomic E-state index is 0.0763. The molecule has 2 aliphatic heterocycles. The molecule has 3 N–H and O–H groups in total. The van der Waals surface area contributed by atoms with Crippen LogP contribution in [0.15, 0.2) is 30.5 Å². The normalized spacial score (nSPS) is 16.7. The van der Waals surface area contributed by atoms with E-state index in [0.29, 0.717) is 22.8 Å². The molecule has 0 saturated carbocycles. The Kier molecular flexibility index (Phi) is 5.59. The number of anilines is 4. The molecule has 2 aliphatic rings. The predicted octanol–water partition coefficient (Wildman–Crippen LogP) is 4.44. The molecule has 10 heteroatoms. The van der Waals surface area contributed by atoms with Gasteiger partial charge >= 0.3 is 6.18 Å². The van der Waals surface area contributed by atoms with Crippen LogP contribution in [0.4, 0.5) is 36.4 Å². The summed E-state index contributed by atoms with van der Waals surface area (Å²) in [6.07, 6.45) is 1.74. The molecule has 0 radical (unpaired) electrons. The molecule has 3 aromatic rings. The molecule has 1 aromatic carbocycles. The SMILES string of the molecule is Nc1cc(CNc2nc(N3CCCC3)nc3cnc(N4CCCC4)cc23)cc(C(F)(F)F)c1. The number of nitrogens with zero attached hydrogens (tertiary/aromatic N) is 5. The van der Waals surface area contributed by atoms with Crippen molar-refractivity contribution in [3.05, 3.63) is 41.6 Å². The van der Waals surface area contributed by atoms with Gasteiger partial charge in [-0.1, -0.05) is 0 Å². The van der Waals surface area contributed by atoms with E-state index in [1.807, 2.05) is 6.07 Å². The lowest BCUT2D eigenvalue weighted by Gasteiger charge is -2.20. The number of nitrogen functional groups attached to an aromatic ring is 1. The molecule has 0 spiro atoms. The van der Waals surface area contributed by atoms with Crippen LogP contribution >= 0.6 is 0 Å². The fourth-order valence-electron chi connectivity index (χ4n) is 4.49. The van der Waals surface area contributed by atoms with E-state index >= 15 is 0 Å². The average Bonchev–Trinajstić information content (AvgIpc) is 3.50. The fourth-order valence-corrected chi connectivity index (χ4v) is 4.49. The van der Waals surface area contributed by atoms with Gasteiger partial charge in [0.25, 0.3) is 0 Å². The Hall–Kier alpha value is -3.30. The summed E-state index contributed by atoms with van der Waals surface area (Å²) in [5.41, 5.74) is 6.20. The second-order valence-electron chi connectivity index (χ2n) is 8.63. The van der Waals surface area contributed by atoms with Gasteiger partial charge < -0.3 is 20.9 Å². The lowest BCUT2D eigenvalue weighted by atomic mass is 10.1. The highest BCUT2D eigenvalue weighted by atomic mass is 19.4. The first-order valence-electron chi connectivity index (χ1n) is 11.2. The van der Waals surface area contributed by atoms with Crippen molar-refractivity contribution in [3.63, 3.8) is 0 Å². The summed E-state index contributed by atoms with van der Waals surface area (Å²) in [5, 5.41) is 4.05. The first kappa shape index (κ1) is 21.5. The molecular formula is C23H26F3N7. The third-order valence-corrected chi connectivity index (χ3v) is 6.18. The number of hydrogen-bond donors (Lipinski definition) is 2. The van der Waals surface area contributed by atoms with Crippen molar-refractivity contribution in [2.45, 2.75) is 38.4 Å². The van der Waals surface area contributed by atoms with Crippen molar-refractivity contribution in [2.24, 2.45) is 0 Å². The van der Waals surface area contributed by atoms with Crippen molar-refractivity contribution < 1.29 is 13.2 Å². The van der Waals surface area contributed by atoms with Gasteiger partial charge in [0.05, 0.1) is 17.3 Å². The molecule has 174 valence electrons. The van der Waals surface area contributed by atoms with E-state index in [4.69, 9.17) is 15.7 Å². The van der Waals surface area contributed by atoms with E-state index in [-0.39, 0.29) is 12.2 Å². The Morgan fingerprint density at radius 2 is 1.61 bits per heavy atom. The van der Waals surface area contributed by atoms with E-state index in [2.05, 4.69) is 20.1 Å². The van der Waals surface area contributed by atoms with Gasteiger partial charge in [-0.15, -0.1) is 0 Å². The summed E-state index contributed by atoms with van der Waals surface area (Å²) in [6, 6.07) is 5.58. The Morgan fingerprint density at radius 1 is 0.909 bits per heavy atom. The van der Waals surface area contributed by atoms with Gasteiger partial charge in [0.15, 0.2) is 0 Å². The molecule has 33 heavy (non-hydrogen) atoms. The summed E-state index contributed by atoms with van der Waals surface area (Å²) < 4.78 is 39.7. The molecule has 0 bridgehead atoms. The summed E-state index contributed by atoms with van der Waals surface area (Å²) in [7, 11) is 0. The van der Waals surface area contributed by atoms with Crippen LogP contribution in [-0.4, -0.2) is 41.1 Å². The van der Waals surface area contributed by atoms with Crippen molar-refractivity contribution in [3.8, 4) is 0 Å². The second kappa shape index (κ2) is 8.57. The molecule has 0 unspecified atom stereocenters. The molecular weight excluding hydrogens is 431 g/mol. The van der Waals surface area contributed by atoms with Crippen LogP contribution in [-0.2, 0) is 12.7 Å². The highest BCUT2D eigenvalue weighted by Crippen LogP contribution is 2.32. The maximum absolute atomic E-state index is 13.2.